The van der Waals surface area contributed by atoms with Gasteiger partial charge in [0.1, 0.15) is 0 Å². The van der Waals surface area contributed by atoms with Crippen LogP contribution in [0.4, 0.5) is 0 Å². The lowest BCUT2D eigenvalue weighted by Gasteiger charge is -1.88. The van der Waals surface area contributed by atoms with Gasteiger partial charge >= 0.3 is 0 Å². The summed E-state index contributed by atoms with van der Waals surface area (Å²) in [4.78, 5) is 0. The van der Waals surface area contributed by atoms with Gasteiger partial charge in [-0.15, -0.1) is 0 Å². The zero-order valence-corrected chi connectivity index (χ0v) is 4.28. The van der Waals surface area contributed by atoms with E-state index in [1.54, 1.807) is 0 Å². The topological polar surface area (TPSA) is 12.0 Å². The van der Waals surface area contributed by atoms with Gasteiger partial charge in [0.2, 0.25) is 0 Å². The number of hydrogen-bond acceptors (Lipinski definition) is 1. The highest BCUT2D eigenvalue weighted by Gasteiger charge is 1.88. The molecule has 1 aliphatic heterocycles. The molecule has 0 aromatic carbocycles. The summed E-state index contributed by atoms with van der Waals surface area (Å²) in [6.07, 6.45) is 7.57. The predicted molar refractivity (Wildman–Crippen MR) is 29.4 cm³/mol. The largest absolute Gasteiger partial charge is 0.381 e. The van der Waals surface area contributed by atoms with E-state index in [4.69, 9.17) is 0 Å². The van der Waals surface area contributed by atoms with Crippen LogP contribution in [0.25, 0.3) is 0 Å². The van der Waals surface area contributed by atoms with Crippen molar-refractivity contribution in [1.82, 2.24) is 5.32 Å². The zero-order valence-electron chi connectivity index (χ0n) is 4.28. The van der Waals surface area contributed by atoms with Crippen LogP contribution in [0, 0.1) is 6.54 Å². The van der Waals surface area contributed by atoms with Gasteiger partial charge in [-0.3, -0.25) is 0 Å². The Morgan fingerprint density at radius 1 is 1.57 bits per heavy atom. The second-order valence-electron chi connectivity index (χ2n) is 1.62. The van der Waals surface area contributed by atoms with Gasteiger partial charge in [0.05, 0.1) is 6.54 Å². The van der Waals surface area contributed by atoms with E-state index in [2.05, 4.69) is 17.9 Å². The summed E-state index contributed by atoms with van der Waals surface area (Å²) in [5.41, 5.74) is 0. The lowest BCUT2D eigenvalue weighted by molar-refractivity contribution is 0.811. The van der Waals surface area contributed by atoms with Gasteiger partial charge < -0.3 is 5.32 Å². The Balaban J connectivity index is 2.20. The third-order valence-corrected chi connectivity index (χ3v) is 0.976. The minimum atomic E-state index is 1.08. The van der Waals surface area contributed by atoms with Crippen molar-refractivity contribution in [3.63, 3.8) is 0 Å². The SMILES string of the molecule is [C]1CCCC=CN1. The normalized spacial score (nSPS) is 20.6. The van der Waals surface area contributed by atoms with Gasteiger partial charge in [-0.2, -0.15) is 0 Å². The van der Waals surface area contributed by atoms with Gasteiger partial charge in [0.25, 0.3) is 0 Å². The molecule has 0 saturated carbocycles. The second kappa shape index (κ2) is 2.67. The number of rotatable bonds is 0. The van der Waals surface area contributed by atoms with E-state index in [0.717, 1.165) is 6.42 Å². The molecule has 0 atom stereocenters. The highest BCUT2D eigenvalue weighted by atomic mass is 14.8. The van der Waals surface area contributed by atoms with Crippen molar-refractivity contribution >= 4 is 0 Å². The average molecular weight is 95.1 g/mol. The summed E-state index contributed by atoms with van der Waals surface area (Å²) >= 11 is 0. The highest BCUT2D eigenvalue weighted by molar-refractivity contribution is 4.86. The molecular formula is C6H9N. The summed E-state index contributed by atoms with van der Waals surface area (Å²) < 4.78 is 0. The molecule has 0 aromatic heterocycles. The molecule has 1 aliphatic rings. The molecule has 0 aromatic rings. The smallest absolute Gasteiger partial charge is 0.0875 e. The molecule has 1 heterocycles. The molecule has 0 amide bonds. The molecule has 1 nitrogen and oxygen atoms in total. The molecule has 0 saturated heterocycles. The van der Waals surface area contributed by atoms with Gasteiger partial charge in [-0.05, 0) is 25.5 Å². The van der Waals surface area contributed by atoms with Crippen LogP contribution in [-0.2, 0) is 0 Å². The van der Waals surface area contributed by atoms with E-state index in [0.29, 0.717) is 0 Å². The van der Waals surface area contributed by atoms with Crippen LogP contribution >= 0.6 is 0 Å². The second-order valence-corrected chi connectivity index (χ2v) is 1.62. The van der Waals surface area contributed by atoms with Gasteiger partial charge in [-0.25, -0.2) is 0 Å². The maximum Gasteiger partial charge on any atom is 0.0875 e. The fourth-order valence-corrected chi connectivity index (χ4v) is 0.582. The Morgan fingerprint density at radius 3 is 3.57 bits per heavy atom. The third kappa shape index (κ3) is 1.62. The van der Waals surface area contributed by atoms with Crippen molar-refractivity contribution in [3.8, 4) is 0 Å². The molecule has 0 fully saturated rings. The van der Waals surface area contributed by atoms with E-state index in [-0.39, 0.29) is 0 Å². The Kier molecular flexibility index (Phi) is 1.79. The van der Waals surface area contributed by atoms with E-state index in [9.17, 15) is 0 Å². The maximum absolute atomic E-state index is 3.01. The molecular weight excluding hydrogens is 86.1 g/mol. The third-order valence-electron chi connectivity index (χ3n) is 0.976. The molecule has 1 rings (SSSR count). The fraction of sp³-hybridized carbons (Fsp3) is 0.500. The molecule has 0 bridgehead atoms. The summed E-state index contributed by atoms with van der Waals surface area (Å²) in [5, 5.41) is 2.92. The standard InChI is InChI=1S/C6H9N/c1-2-4-6-7-5-3-1/h3,5,7H,1-2,4H2. The Bertz CT molecular complexity index is 58.6. The van der Waals surface area contributed by atoms with Crippen LogP contribution < -0.4 is 5.32 Å². The fourth-order valence-electron chi connectivity index (χ4n) is 0.582. The van der Waals surface area contributed by atoms with Crippen LogP contribution in [0.15, 0.2) is 12.3 Å². The summed E-state index contributed by atoms with van der Waals surface area (Å²) in [6, 6.07) is 0. The highest BCUT2D eigenvalue weighted by Crippen LogP contribution is 2.00. The number of allylic oxidation sites excluding steroid dienone is 1. The van der Waals surface area contributed by atoms with Crippen LogP contribution in [0.3, 0.4) is 0 Å². The van der Waals surface area contributed by atoms with Gasteiger partial charge in [-0.1, -0.05) is 6.08 Å². The molecule has 2 radical (unpaired) electrons. The molecule has 1 N–H and O–H groups in total. The molecule has 0 unspecified atom stereocenters. The first-order valence-electron chi connectivity index (χ1n) is 2.63. The molecule has 1 heteroatoms. The average Bonchev–Trinajstić information content (AvgIpc) is 1.90. The van der Waals surface area contributed by atoms with Crippen LogP contribution in [0.2, 0.25) is 0 Å². The van der Waals surface area contributed by atoms with Crippen LogP contribution in [0.1, 0.15) is 19.3 Å². The van der Waals surface area contributed by atoms with Gasteiger partial charge in [0, 0.05) is 0 Å². The quantitative estimate of drug-likeness (QED) is 0.478. The van der Waals surface area contributed by atoms with Crippen molar-refractivity contribution in [2.24, 2.45) is 0 Å². The van der Waals surface area contributed by atoms with E-state index in [1.807, 2.05) is 6.20 Å². The summed E-state index contributed by atoms with van der Waals surface area (Å²) in [7, 11) is 0. The maximum atomic E-state index is 3.01. The minimum Gasteiger partial charge on any atom is -0.381 e. The monoisotopic (exact) mass is 95.1 g/mol. The van der Waals surface area contributed by atoms with Crippen molar-refractivity contribution in [3.05, 3.63) is 18.8 Å². The Hall–Kier alpha value is -0.460. The van der Waals surface area contributed by atoms with Crippen molar-refractivity contribution in [2.75, 3.05) is 0 Å². The van der Waals surface area contributed by atoms with E-state index < -0.39 is 0 Å². The van der Waals surface area contributed by atoms with Gasteiger partial charge in [0.15, 0.2) is 0 Å². The van der Waals surface area contributed by atoms with Crippen molar-refractivity contribution in [1.29, 1.82) is 0 Å². The van der Waals surface area contributed by atoms with Crippen LogP contribution in [-0.4, -0.2) is 0 Å². The first kappa shape index (κ1) is 4.69. The molecule has 0 aliphatic carbocycles. The predicted octanol–water partition coefficient (Wildman–Crippen LogP) is 1.31. The van der Waals surface area contributed by atoms with Crippen molar-refractivity contribution in [2.45, 2.75) is 19.3 Å². The molecule has 7 heavy (non-hydrogen) atoms. The molecule has 0 spiro atoms. The van der Waals surface area contributed by atoms with Crippen molar-refractivity contribution < 1.29 is 0 Å². The summed E-state index contributed by atoms with van der Waals surface area (Å²) in [5.74, 6) is 0. The number of hydrogen-bond donors (Lipinski definition) is 1. The summed E-state index contributed by atoms with van der Waals surface area (Å²) in [6.45, 7) is 3.01. The first-order chi connectivity index (χ1) is 3.50. The van der Waals surface area contributed by atoms with E-state index in [1.165, 1.54) is 12.8 Å². The number of nitrogens with one attached hydrogen (secondary N) is 1. The zero-order chi connectivity index (χ0) is 4.95. The molecule has 38 valence electrons. The van der Waals surface area contributed by atoms with Crippen LogP contribution in [0.5, 0.6) is 0 Å². The van der Waals surface area contributed by atoms with E-state index >= 15 is 0 Å². The first-order valence-corrected chi connectivity index (χ1v) is 2.63. The minimum absolute atomic E-state index is 1.08. The Labute approximate surface area is 44.4 Å². The lowest BCUT2D eigenvalue weighted by atomic mass is 10.2. The Morgan fingerprint density at radius 2 is 2.57 bits per heavy atom. The lowest BCUT2D eigenvalue weighted by Crippen LogP contribution is -1.95.